The largest absolute Gasteiger partial charge is 0.375 e. The molecule has 0 unspecified atom stereocenters. The van der Waals surface area contributed by atoms with Gasteiger partial charge in [0.2, 0.25) is 5.91 Å². The van der Waals surface area contributed by atoms with Crippen molar-refractivity contribution >= 4 is 16.8 Å². The summed E-state index contributed by atoms with van der Waals surface area (Å²) in [6.07, 6.45) is 0.903. The molecule has 1 aromatic carbocycles. The zero-order chi connectivity index (χ0) is 17.8. The Morgan fingerprint density at radius 2 is 2.08 bits per heavy atom. The summed E-state index contributed by atoms with van der Waals surface area (Å²) in [5.41, 5.74) is 2.72. The average molecular weight is 343 g/mol. The molecular formula is C19H25N3O3. The number of ether oxygens (including phenoxy) is 1. The number of H-pyrrole nitrogens is 1. The predicted octanol–water partition coefficient (Wildman–Crippen LogP) is 1.52. The second-order valence-electron chi connectivity index (χ2n) is 6.61. The molecule has 6 heteroatoms. The summed E-state index contributed by atoms with van der Waals surface area (Å²) in [6, 6.07) is 8.01. The smallest absolute Gasteiger partial charge is 0.252 e. The van der Waals surface area contributed by atoms with Crippen LogP contribution in [-0.2, 0) is 16.1 Å². The first-order valence-electron chi connectivity index (χ1n) is 8.69. The molecule has 1 amide bonds. The average Bonchev–Trinajstić information content (AvgIpc) is 2.82. The lowest BCUT2D eigenvalue weighted by atomic mass is 10.1. The number of benzene rings is 1. The van der Waals surface area contributed by atoms with E-state index in [1.54, 1.807) is 0 Å². The van der Waals surface area contributed by atoms with Crippen molar-refractivity contribution in [3.63, 3.8) is 0 Å². The molecule has 2 aromatic rings. The Morgan fingerprint density at radius 1 is 1.24 bits per heavy atom. The van der Waals surface area contributed by atoms with Gasteiger partial charge in [-0.2, -0.15) is 0 Å². The zero-order valence-electron chi connectivity index (χ0n) is 14.9. The van der Waals surface area contributed by atoms with Gasteiger partial charge in [-0.25, -0.2) is 0 Å². The molecule has 0 atom stereocenters. The summed E-state index contributed by atoms with van der Waals surface area (Å²) in [5.74, 6) is 0.0309. The molecule has 1 N–H and O–H groups in total. The maximum absolute atomic E-state index is 12.4. The first kappa shape index (κ1) is 17.6. The minimum Gasteiger partial charge on any atom is -0.375 e. The van der Waals surface area contributed by atoms with Crippen molar-refractivity contribution in [2.45, 2.75) is 19.9 Å². The number of nitrogens with zero attached hydrogens (tertiary/aromatic N) is 2. The first-order valence-corrected chi connectivity index (χ1v) is 8.69. The SMILES string of the molecule is COCC(=O)N1CCCN(Cc2cc3cccc(C)c3[nH]c2=O)CC1. The van der Waals surface area contributed by atoms with Crippen LogP contribution in [0.4, 0.5) is 0 Å². The van der Waals surface area contributed by atoms with E-state index in [-0.39, 0.29) is 18.1 Å². The second kappa shape index (κ2) is 7.80. The van der Waals surface area contributed by atoms with Crippen molar-refractivity contribution < 1.29 is 9.53 Å². The number of hydrogen-bond acceptors (Lipinski definition) is 4. The van der Waals surface area contributed by atoms with E-state index in [9.17, 15) is 9.59 Å². The van der Waals surface area contributed by atoms with Crippen molar-refractivity contribution in [2.75, 3.05) is 39.9 Å². The van der Waals surface area contributed by atoms with Crippen LogP contribution in [0.15, 0.2) is 29.1 Å². The molecule has 1 aromatic heterocycles. The Hall–Kier alpha value is -2.18. The molecular weight excluding hydrogens is 318 g/mol. The number of para-hydroxylation sites is 1. The van der Waals surface area contributed by atoms with Crippen molar-refractivity contribution in [3.05, 3.63) is 45.7 Å². The quantitative estimate of drug-likeness (QED) is 0.914. The number of aromatic amines is 1. The van der Waals surface area contributed by atoms with Gasteiger partial charge in [0.15, 0.2) is 0 Å². The highest BCUT2D eigenvalue weighted by molar-refractivity contribution is 5.81. The number of nitrogens with one attached hydrogen (secondary N) is 1. The van der Waals surface area contributed by atoms with Crippen LogP contribution in [0.3, 0.4) is 0 Å². The number of carbonyl (C=O) groups excluding carboxylic acids is 1. The number of carbonyl (C=O) groups is 1. The maximum atomic E-state index is 12.4. The van der Waals surface area contributed by atoms with E-state index in [1.165, 1.54) is 7.11 Å². The summed E-state index contributed by atoms with van der Waals surface area (Å²) in [6.45, 7) is 5.79. The standard InChI is InChI=1S/C19H25N3O3/c1-14-5-3-6-15-11-16(19(24)20-18(14)15)12-21-7-4-8-22(10-9-21)17(23)13-25-2/h3,5-6,11H,4,7-10,12-13H2,1-2H3,(H,20,24). The fourth-order valence-corrected chi connectivity index (χ4v) is 3.38. The van der Waals surface area contributed by atoms with Crippen LogP contribution >= 0.6 is 0 Å². The van der Waals surface area contributed by atoms with Crippen LogP contribution in [0.2, 0.25) is 0 Å². The van der Waals surface area contributed by atoms with E-state index in [0.29, 0.717) is 13.1 Å². The van der Waals surface area contributed by atoms with E-state index in [0.717, 1.165) is 48.1 Å². The van der Waals surface area contributed by atoms with Gasteiger partial charge < -0.3 is 14.6 Å². The number of methoxy groups -OCH3 is 1. The lowest BCUT2D eigenvalue weighted by molar-refractivity contribution is -0.135. The highest BCUT2D eigenvalue weighted by Gasteiger charge is 2.19. The molecule has 2 heterocycles. The second-order valence-corrected chi connectivity index (χ2v) is 6.61. The normalized spacial score (nSPS) is 16.2. The van der Waals surface area contributed by atoms with E-state index in [2.05, 4.69) is 9.88 Å². The van der Waals surface area contributed by atoms with Crippen LogP contribution in [0, 0.1) is 6.92 Å². The molecule has 0 spiro atoms. The third-order valence-corrected chi connectivity index (χ3v) is 4.77. The minimum absolute atomic E-state index is 0.0293. The Balaban J connectivity index is 1.72. The third-order valence-electron chi connectivity index (χ3n) is 4.77. The Kier molecular flexibility index (Phi) is 5.50. The third kappa shape index (κ3) is 4.08. The van der Waals surface area contributed by atoms with Crippen molar-refractivity contribution in [2.24, 2.45) is 0 Å². The van der Waals surface area contributed by atoms with Gasteiger partial charge in [0, 0.05) is 45.4 Å². The molecule has 0 bridgehead atoms. The lowest BCUT2D eigenvalue weighted by Gasteiger charge is -2.21. The predicted molar refractivity (Wildman–Crippen MR) is 97.7 cm³/mol. The number of pyridine rings is 1. The number of aromatic nitrogens is 1. The highest BCUT2D eigenvalue weighted by Crippen LogP contribution is 2.16. The molecule has 0 saturated carbocycles. The molecule has 3 rings (SSSR count). The summed E-state index contributed by atoms with van der Waals surface area (Å²) in [7, 11) is 1.54. The van der Waals surface area contributed by atoms with Gasteiger partial charge in [-0.15, -0.1) is 0 Å². The Morgan fingerprint density at radius 3 is 2.88 bits per heavy atom. The molecule has 1 aliphatic heterocycles. The molecule has 25 heavy (non-hydrogen) atoms. The number of fused-ring (bicyclic) bond motifs is 1. The molecule has 0 aliphatic carbocycles. The number of hydrogen-bond donors (Lipinski definition) is 1. The van der Waals surface area contributed by atoms with Crippen LogP contribution in [-0.4, -0.2) is 60.6 Å². The summed E-state index contributed by atoms with van der Waals surface area (Å²) in [5, 5.41) is 1.06. The summed E-state index contributed by atoms with van der Waals surface area (Å²) >= 11 is 0. The van der Waals surface area contributed by atoms with Crippen LogP contribution in [0.1, 0.15) is 17.5 Å². The minimum atomic E-state index is -0.0293. The monoisotopic (exact) mass is 343 g/mol. The van der Waals surface area contributed by atoms with Crippen molar-refractivity contribution in [1.82, 2.24) is 14.8 Å². The van der Waals surface area contributed by atoms with E-state index in [4.69, 9.17) is 4.74 Å². The van der Waals surface area contributed by atoms with Crippen molar-refractivity contribution in [3.8, 4) is 0 Å². The maximum Gasteiger partial charge on any atom is 0.252 e. The fourth-order valence-electron chi connectivity index (χ4n) is 3.38. The van der Waals surface area contributed by atoms with Gasteiger partial charge in [-0.1, -0.05) is 18.2 Å². The highest BCUT2D eigenvalue weighted by atomic mass is 16.5. The van der Waals surface area contributed by atoms with Gasteiger partial charge in [0.05, 0.1) is 5.52 Å². The molecule has 1 aliphatic rings. The van der Waals surface area contributed by atoms with E-state index in [1.807, 2.05) is 36.1 Å². The van der Waals surface area contributed by atoms with E-state index < -0.39 is 0 Å². The number of amides is 1. The van der Waals surface area contributed by atoms with Crippen LogP contribution in [0.5, 0.6) is 0 Å². The molecule has 1 fully saturated rings. The lowest BCUT2D eigenvalue weighted by Crippen LogP contribution is -2.37. The molecule has 6 nitrogen and oxygen atoms in total. The molecule has 0 radical (unpaired) electrons. The first-order chi connectivity index (χ1) is 12.1. The van der Waals surface area contributed by atoms with E-state index >= 15 is 0 Å². The van der Waals surface area contributed by atoms with Gasteiger partial charge in [0.25, 0.3) is 5.56 Å². The molecule has 134 valence electrons. The summed E-state index contributed by atoms with van der Waals surface area (Å²) < 4.78 is 4.94. The Bertz CT molecular complexity index is 815. The topological polar surface area (TPSA) is 65.6 Å². The zero-order valence-corrected chi connectivity index (χ0v) is 14.9. The number of aryl methyl sites for hydroxylation is 1. The summed E-state index contributed by atoms with van der Waals surface area (Å²) in [4.78, 5) is 31.5. The van der Waals surface area contributed by atoms with Crippen molar-refractivity contribution in [1.29, 1.82) is 0 Å². The van der Waals surface area contributed by atoms with Gasteiger partial charge in [-0.05, 0) is 30.4 Å². The molecule has 1 saturated heterocycles. The van der Waals surface area contributed by atoms with Gasteiger partial charge in [0.1, 0.15) is 6.61 Å². The number of rotatable bonds is 4. The Labute approximate surface area is 147 Å². The van der Waals surface area contributed by atoms with Crippen LogP contribution in [0.25, 0.3) is 10.9 Å². The van der Waals surface area contributed by atoms with Gasteiger partial charge >= 0.3 is 0 Å². The van der Waals surface area contributed by atoms with Gasteiger partial charge in [-0.3, -0.25) is 14.5 Å². The van der Waals surface area contributed by atoms with Crippen LogP contribution < -0.4 is 5.56 Å². The fraction of sp³-hybridized carbons (Fsp3) is 0.474.